The molecule has 0 saturated carbocycles. The summed E-state index contributed by atoms with van der Waals surface area (Å²) in [5.74, 6) is -16.8. The Labute approximate surface area is 391 Å². The molecular formula is C37H61N11O19S. The molecule has 0 heterocycles. The fraction of sp³-hybridized carbons (Fsp3) is 0.649. The lowest BCUT2D eigenvalue weighted by molar-refractivity contribution is -0.143. The van der Waals surface area contributed by atoms with Crippen LogP contribution in [0.1, 0.15) is 65.7 Å². The Morgan fingerprint density at radius 1 is 0.471 bits per heavy atom. The molecule has 0 fully saturated rings. The summed E-state index contributed by atoms with van der Waals surface area (Å²) in [7, 11) is 0. The van der Waals surface area contributed by atoms with Gasteiger partial charge in [-0.05, 0) is 52.0 Å². The van der Waals surface area contributed by atoms with Gasteiger partial charge >= 0.3 is 17.9 Å². The van der Waals surface area contributed by atoms with E-state index in [-0.39, 0.29) is 6.42 Å². The van der Waals surface area contributed by atoms with Crippen LogP contribution >= 0.6 is 11.8 Å². The molecule has 20 N–H and O–H groups in total. The predicted molar refractivity (Wildman–Crippen MR) is 232 cm³/mol. The maximum atomic E-state index is 13.6. The Morgan fingerprint density at radius 2 is 0.794 bits per heavy atom. The molecule has 0 aromatic heterocycles. The van der Waals surface area contributed by atoms with Gasteiger partial charge in [-0.2, -0.15) is 11.8 Å². The first-order valence-corrected chi connectivity index (χ1v) is 21.8. The molecule has 0 rings (SSSR count). The summed E-state index contributed by atoms with van der Waals surface area (Å²) in [4.78, 5) is 164. The number of hydrogen-bond acceptors (Lipinski definition) is 18. The molecule has 0 aliphatic carbocycles. The normalized spacial score (nSPS) is 15.8. The molecule has 10 amide bonds. The fourth-order valence-corrected chi connectivity index (χ4v) is 6.01. The number of carbonyl (C=O) groups excluding carboxylic acids is 10. The Hall–Kier alpha value is -6.70. The lowest BCUT2D eigenvalue weighted by Crippen LogP contribution is -2.63. The molecule has 30 nitrogen and oxygen atoms in total. The maximum Gasteiger partial charge on any atom is 0.326 e. The van der Waals surface area contributed by atoms with E-state index in [2.05, 4.69) is 26.6 Å². The molecule has 0 spiro atoms. The van der Waals surface area contributed by atoms with E-state index >= 15 is 0 Å². The van der Waals surface area contributed by atoms with Gasteiger partial charge in [0, 0.05) is 12.8 Å². The van der Waals surface area contributed by atoms with Crippen LogP contribution in [-0.2, 0) is 62.3 Å². The second-order valence-electron chi connectivity index (χ2n) is 15.1. The van der Waals surface area contributed by atoms with Gasteiger partial charge < -0.3 is 90.4 Å². The number of aliphatic hydroxyl groups excluding tert-OH is 3. The summed E-state index contributed by atoms with van der Waals surface area (Å²) in [6.07, 6.45) is -7.07. The van der Waals surface area contributed by atoms with Crippen LogP contribution in [0.5, 0.6) is 0 Å². The van der Waals surface area contributed by atoms with Crippen LogP contribution in [0.25, 0.3) is 0 Å². The molecule has 0 aliphatic rings. The molecule has 0 unspecified atom stereocenters. The first-order chi connectivity index (χ1) is 31.6. The smallest absolute Gasteiger partial charge is 0.326 e. The maximum absolute atomic E-state index is 13.6. The van der Waals surface area contributed by atoms with Crippen LogP contribution in [0, 0.1) is 0 Å². The molecule has 0 aliphatic heterocycles. The SMILES string of the molecule is CSCC[C@H](NC(=O)[C@@H](NC(=O)[C@H](CCC(=O)O)NC(=O)[C@@H](NC(=O)[C@H](CC(N)=O)NC(=O)[C@H](CCC(=O)O)NC(=O)[C@H](CC(N)=O)NC(=O)[C@H](CO)NC(=O)[C@H](C)N)[C@@H](C)O)[C@@H](C)O)C(=O)O. The van der Waals surface area contributed by atoms with Crippen molar-refractivity contribution < 1.29 is 93.0 Å². The minimum Gasteiger partial charge on any atom is -0.481 e. The zero-order chi connectivity index (χ0) is 52.6. The fourth-order valence-electron chi connectivity index (χ4n) is 5.54. The van der Waals surface area contributed by atoms with Crippen molar-refractivity contribution in [1.82, 2.24) is 42.5 Å². The van der Waals surface area contributed by atoms with Gasteiger partial charge in [-0.3, -0.25) is 57.5 Å². The highest BCUT2D eigenvalue weighted by Crippen LogP contribution is 2.08. The van der Waals surface area contributed by atoms with E-state index in [4.69, 9.17) is 17.2 Å². The average molecular weight is 996 g/mol. The lowest BCUT2D eigenvalue weighted by atomic mass is 10.0. The van der Waals surface area contributed by atoms with Gasteiger partial charge in [0.05, 0.1) is 37.7 Å². The van der Waals surface area contributed by atoms with Crippen LogP contribution in [0.3, 0.4) is 0 Å². The quantitative estimate of drug-likeness (QED) is 0.0290. The Kier molecular flexibility index (Phi) is 27.5. The van der Waals surface area contributed by atoms with Crippen molar-refractivity contribution in [2.24, 2.45) is 17.2 Å². The van der Waals surface area contributed by atoms with E-state index in [9.17, 15) is 93.0 Å². The second kappa shape index (κ2) is 30.6. The molecule has 0 aromatic rings. The summed E-state index contributed by atoms with van der Waals surface area (Å²) < 4.78 is 0. The highest BCUT2D eigenvalue weighted by Gasteiger charge is 2.37. The van der Waals surface area contributed by atoms with Crippen LogP contribution in [-0.4, -0.2) is 193 Å². The van der Waals surface area contributed by atoms with E-state index < -0.39 is 189 Å². The Balaban J connectivity index is 6.60. The summed E-state index contributed by atoms with van der Waals surface area (Å²) in [6.45, 7) is 2.23. The third-order valence-corrected chi connectivity index (χ3v) is 9.86. The van der Waals surface area contributed by atoms with Crippen molar-refractivity contribution in [3.05, 3.63) is 0 Å². The summed E-state index contributed by atoms with van der Waals surface area (Å²) in [5.41, 5.74) is 15.9. The number of carboxylic acid groups (broad SMARTS) is 3. The van der Waals surface area contributed by atoms with Gasteiger partial charge in [-0.15, -0.1) is 0 Å². The summed E-state index contributed by atoms with van der Waals surface area (Å²) in [5, 5.41) is 75.2. The zero-order valence-corrected chi connectivity index (χ0v) is 38.2. The number of carbonyl (C=O) groups is 13. The standard InChI is InChI=1S/C37H61N11O19S/c1-14(38)29(58)46-22(13-49)34(63)45-20(11-23(39)52)32(61)41-17(5-7-25(54)55)30(59)44-21(12-24(40)53)33(62)48-27(15(2)50)35(64)42-18(6-8-26(56)57)31(60)47-28(16(3)51)36(65)43-19(37(66)67)9-10-68-4/h14-22,27-28,49-51H,5-13,38H2,1-4H3,(H2,39,52)(H2,40,53)(H,41,61)(H,42,64)(H,43,65)(H,44,59)(H,45,63)(H,46,58)(H,47,60)(H,48,62)(H,54,55)(H,56,57)(H,66,67)/t14-,15+,16+,17-,18-,19-,20-,21-,22-,27-,28-/m0/s1. The van der Waals surface area contributed by atoms with Crippen LogP contribution < -0.4 is 59.7 Å². The van der Waals surface area contributed by atoms with Crippen molar-refractivity contribution in [3.63, 3.8) is 0 Å². The molecule has 0 saturated heterocycles. The van der Waals surface area contributed by atoms with Crippen molar-refractivity contribution in [2.45, 2.75) is 132 Å². The highest BCUT2D eigenvalue weighted by atomic mass is 32.2. The Morgan fingerprint density at radius 3 is 1.13 bits per heavy atom. The van der Waals surface area contributed by atoms with E-state index in [0.717, 1.165) is 13.8 Å². The van der Waals surface area contributed by atoms with Crippen LogP contribution in [0.15, 0.2) is 0 Å². The third-order valence-electron chi connectivity index (χ3n) is 9.22. The number of nitrogens with one attached hydrogen (secondary N) is 8. The van der Waals surface area contributed by atoms with E-state index in [1.54, 1.807) is 6.26 Å². The minimum absolute atomic E-state index is 0.0506. The van der Waals surface area contributed by atoms with Gasteiger partial charge in [-0.25, -0.2) is 4.79 Å². The number of primary amides is 2. The van der Waals surface area contributed by atoms with Gasteiger partial charge in [0.15, 0.2) is 0 Å². The summed E-state index contributed by atoms with van der Waals surface area (Å²) >= 11 is 1.27. The number of amides is 10. The molecular weight excluding hydrogens is 935 g/mol. The number of nitrogens with two attached hydrogens (primary N) is 3. The van der Waals surface area contributed by atoms with Crippen LogP contribution in [0.2, 0.25) is 0 Å². The first kappa shape index (κ1) is 61.3. The molecule has 11 atom stereocenters. The second-order valence-corrected chi connectivity index (χ2v) is 16.1. The van der Waals surface area contributed by atoms with E-state index in [1.165, 1.54) is 18.7 Å². The molecule has 0 bridgehead atoms. The van der Waals surface area contributed by atoms with E-state index in [1.807, 2.05) is 16.0 Å². The average Bonchev–Trinajstić information content (AvgIpc) is 3.23. The topological polar surface area (TPSA) is 518 Å². The van der Waals surface area contributed by atoms with E-state index in [0.29, 0.717) is 5.75 Å². The first-order valence-electron chi connectivity index (χ1n) is 20.4. The number of aliphatic carboxylic acids is 3. The van der Waals surface area contributed by atoms with Gasteiger partial charge in [0.2, 0.25) is 59.1 Å². The number of hydrogen-bond donors (Lipinski definition) is 17. The van der Waals surface area contributed by atoms with Crippen LogP contribution in [0.4, 0.5) is 0 Å². The van der Waals surface area contributed by atoms with Gasteiger partial charge in [-0.1, -0.05) is 0 Å². The number of thioether (sulfide) groups is 1. The monoisotopic (exact) mass is 995 g/mol. The summed E-state index contributed by atoms with van der Waals surface area (Å²) in [6, 6.07) is -16.1. The minimum atomic E-state index is -2.10. The number of rotatable bonds is 33. The van der Waals surface area contributed by atoms with Gasteiger partial charge in [0.1, 0.15) is 48.3 Å². The molecule has 0 aromatic carbocycles. The zero-order valence-electron chi connectivity index (χ0n) is 37.3. The van der Waals surface area contributed by atoms with Crippen molar-refractivity contribution in [3.8, 4) is 0 Å². The van der Waals surface area contributed by atoms with Gasteiger partial charge in [0.25, 0.3) is 0 Å². The van der Waals surface area contributed by atoms with Crippen molar-refractivity contribution in [1.29, 1.82) is 0 Å². The van der Waals surface area contributed by atoms with Crippen molar-refractivity contribution in [2.75, 3.05) is 18.6 Å². The number of aliphatic hydroxyl groups is 3. The molecule has 68 heavy (non-hydrogen) atoms. The number of carboxylic acids is 3. The molecule has 31 heteroatoms. The third kappa shape index (κ3) is 23.2. The highest BCUT2D eigenvalue weighted by molar-refractivity contribution is 7.98. The van der Waals surface area contributed by atoms with Crippen molar-refractivity contribution >= 4 is 88.7 Å². The molecule has 384 valence electrons. The predicted octanol–water partition coefficient (Wildman–Crippen LogP) is -8.72. The Bertz CT molecular complexity index is 1850. The molecule has 0 radical (unpaired) electrons. The largest absolute Gasteiger partial charge is 0.481 e. The lowest BCUT2D eigenvalue weighted by Gasteiger charge is -2.29.